The molecule has 0 radical (unpaired) electrons. The second kappa shape index (κ2) is 6.99. The lowest BCUT2D eigenvalue weighted by atomic mass is 9.98. The summed E-state index contributed by atoms with van der Waals surface area (Å²) < 4.78 is 10.0. The number of hydrogen-bond donors (Lipinski definition) is 2. The molecule has 0 aliphatic carbocycles. The summed E-state index contributed by atoms with van der Waals surface area (Å²) in [6.07, 6.45) is 0. The minimum absolute atomic E-state index is 0.200. The van der Waals surface area contributed by atoms with Gasteiger partial charge < -0.3 is 19.9 Å². The number of ether oxygens (including phenoxy) is 2. The minimum atomic E-state index is -1.66. The van der Waals surface area contributed by atoms with Crippen LogP contribution in [0.2, 0.25) is 0 Å². The molecular formula is C13H15ClN2O7S. The highest BCUT2D eigenvalue weighted by Crippen LogP contribution is 2.46. The van der Waals surface area contributed by atoms with Crippen LogP contribution in [-0.2, 0) is 28.7 Å². The van der Waals surface area contributed by atoms with Crippen LogP contribution in [0.15, 0.2) is 11.3 Å². The molecule has 2 amide bonds. The number of carboxylic acid groups (broad SMARTS) is 1. The zero-order chi connectivity index (χ0) is 18.1. The first kappa shape index (κ1) is 18.6. The highest BCUT2D eigenvalue weighted by Gasteiger charge is 2.66. The largest absolute Gasteiger partial charge is 0.477 e. The van der Waals surface area contributed by atoms with Gasteiger partial charge in [0, 0.05) is 25.4 Å². The van der Waals surface area contributed by atoms with Gasteiger partial charge in [-0.1, -0.05) is 0 Å². The van der Waals surface area contributed by atoms with E-state index in [4.69, 9.17) is 21.1 Å². The summed E-state index contributed by atoms with van der Waals surface area (Å²) in [5, 5.41) is 11.1. The zero-order valence-electron chi connectivity index (χ0n) is 12.8. The Hall–Kier alpha value is -1.78. The van der Waals surface area contributed by atoms with E-state index in [1.54, 1.807) is 0 Å². The number of esters is 1. The highest BCUT2D eigenvalue weighted by molar-refractivity contribution is 8.00. The van der Waals surface area contributed by atoms with E-state index in [9.17, 15) is 24.3 Å². The first-order valence-corrected chi connectivity index (χ1v) is 8.32. The Morgan fingerprint density at radius 3 is 2.67 bits per heavy atom. The monoisotopic (exact) mass is 378 g/mol. The van der Waals surface area contributed by atoms with Gasteiger partial charge in [0.25, 0.3) is 11.6 Å². The van der Waals surface area contributed by atoms with Crippen LogP contribution in [0.4, 0.5) is 0 Å². The predicted molar refractivity (Wildman–Crippen MR) is 83.0 cm³/mol. The maximum absolute atomic E-state index is 12.5. The van der Waals surface area contributed by atoms with E-state index in [0.717, 1.165) is 4.90 Å². The Labute approximate surface area is 146 Å². The summed E-state index contributed by atoms with van der Waals surface area (Å²) in [5.74, 6) is -3.39. The molecule has 132 valence electrons. The summed E-state index contributed by atoms with van der Waals surface area (Å²) >= 11 is 6.63. The van der Waals surface area contributed by atoms with Crippen molar-refractivity contribution in [1.82, 2.24) is 10.2 Å². The number of β-lactam (4-membered cyclic amide) rings is 1. The number of nitrogens with zero attached hydrogens (tertiary/aromatic N) is 1. The number of methoxy groups -OCH3 is 1. The van der Waals surface area contributed by atoms with Gasteiger partial charge in [0.05, 0.1) is 0 Å². The second-order valence-electron chi connectivity index (χ2n) is 5.00. The summed E-state index contributed by atoms with van der Waals surface area (Å²) in [7, 11) is 1.24. The zero-order valence-corrected chi connectivity index (χ0v) is 14.4. The van der Waals surface area contributed by atoms with E-state index in [2.05, 4.69) is 5.32 Å². The molecule has 24 heavy (non-hydrogen) atoms. The van der Waals surface area contributed by atoms with Crippen LogP contribution < -0.4 is 5.32 Å². The van der Waals surface area contributed by atoms with Gasteiger partial charge in [-0.15, -0.1) is 23.4 Å². The Balaban J connectivity index is 2.32. The number of fused-ring (bicyclic) bond motifs is 1. The molecule has 2 atom stereocenters. The van der Waals surface area contributed by atoms with Gasteiger partial charge >= 0.3 is 11.9 Å². The molecule has 0 aromatic heterocycles. The molecule has 2 aliphatic heterocycles. The number of carbonyl (C=O) groups excluding carboxylic acids is 3. The van der Waals surface area contributed by atoms with Gasteiger partial charge in [0.15, 0.2) is 0 Å². The lowest BCUT2D eigenvalue weighted by Crippen LogP contribution is -2.80. The quantitative estimate of drug-likeness (QED) is 0.274. The fraction of sp³-hybridized carbons (Fsp3) is 0.538. The molecule has 2 heterocycles. The van der Waals surface area contributed by atoms with E-state index in [-0.39, 0.29) is 23.9 Å². The van der Waals surface area contributed by atoms with Crippen molar-refractivity contribution in [2.24, 2.45) is 0 Å². The summed E-state index contributed by atoms with van der Waals surface area (Å²) in [6.45, 7) is 0.973. The maximum atomic E-state index is 12.5. The normalized spacial score (nSPS) is 25.7. The standard InChI is InChI=1S/C13H15ClN2O7S/c1-6(17)23-4-7-5-24-12-13(22-2,15-8(18)3-14)11(21)16(12)9(7)10(19)20/h12H,3-5H2,1-2H3,(H,15,18)(H,19,20)/t12-,13+/m1/s1. The Bertz CT molecular complexity index is 638. The summed E-state index contributed by atoms with van der Waals surface area (Å²) in [4.78, 5) is 47.6. The number of thioether (sulfide) groups is 1. The number of carboxylic acids is 1. The third-order valence-corrected chi connectivity index (χ3v) is 5.15. The molecule has 0 bridgehead atoms. The molecule has 0 aromatic rings. The Kier molecular flexibility index (Phi) is 5.41. The van der Waals surface area contributed by atoms with Crippen LogP contribution in [0, 0.1) is 0 Å². The molecule has 0 aromatic carbocycles. The molecule has 0 spiro atoms. The van der Waals surface area contributed by atoms with Gasteiger partial charge in [0.2, 0.25) is 5.91 Å². The third-order valence-electron chi connectivity index (χ3n) is 3.53. The maximum Gasteiger partial charge on any atom is 0.352 e. The minimum Gasteiger partial charge on any atom is -0.477 e. The number of hydrogen-bond acceptors (Lipinski definition) is 7. The molecule has 11 heteroatoms. The molecule has 1 fully saturated rings. The van der Waals surface area contributed by atoms with Crippen molar-refractivity contribution >= 4 is 47.1 Å². The average Bonchev–Trinajstić information content (AvgIpc) is 2.55. The fourth-order valence-corrected chi connectivity index (χ4v) is 3.97. The summed E-state index contributed by atoms with van der Waals surface area (Å²) in [5.41, 5.74) is -1.64. The molecule has 2 aliphatic rings. The number of aliphatic carboxylic acids is 1. The van der Waals surface area contributed by atoms with Crippen molar-refractivity contribution in [3.05, 3.63) is 11.3 Å². The van der Waals surface area contributed by atoms with E-state index in [0.29, 0.717) is 5.57 Å². The van der Waals surface area contributed by atoms with Crippen LogP contribution in [0.3, 0.4) is 0 Å². The van der Waals surface area contributed by atoms with Crippen molar-refractivity contribution in [1.29, 1.82) is 0 Å². The lowest BCUT2D eigenvalue weighted by Gasteiger charge is -2.55. The fourth-order valence-electron chi connectivity index (χ4n) is 2.48. The number of rotatable bonds is 6. The van der Waals surface area contributed by atoms with E-state index in [1.165, 1.54) is 25.8 Å². The Morgan fingerprint density at radius 1 is 1.50 bits per heavy atom. The average molecular weight is 379 g/mol. The lowest BCUT2D eigenvalue weighted by molar-refractivity contribution is -0.192. The van der Waals surface area contributed by atoms with Crippen molar-refractivity contribution < 1.29 is 33.8 Å². The molecule has 0 saturated carbocycles. The predicted octanol–water partition coefficient (Wildman–Crippen LogP) is -0.499. The van der Waals surface area contributed by atoms with Crippen molar-refractivity contribution in [3.63, 3.8) is 0 Å². The SMILES string of the molecule is CO[C@@]1(NC(=O)CCl)C(=O)N2C(C(=O)O)=C(COC(C)=O)CS[C@@H]21. The molecule has 2 rings (SSSR count). The number of nitrogens with one attached hydrogen (secondary N) is 1. The Morgan fingerprint density at radius 2 is 2.17 bits per heavy atom. The van der Waals surface area contributed by atoms with Crippen LogP contribution in [0.25, 0.3) is 0 Å². The van der Waals surface area contributed by atoms with E-state index < -0.39 is 34.9 Å². The van der Waals surface area contributed by atoms with E-state index >= 15 is 0 Å². The molecule has 2 N–H and O–H groups in total. The number of halogens is 1. The van der Waals surface area contributed by atoms with Crippen LogP contribution in [-0.4, -0.2) is 70.2 Å². The number of carbonyl (C=O) groups is 4. The molecule has 1 saturated heterocycles. The third kappa shape index (κ3) is 2.96. The molecule has 0 unspecified atom stereocenters. The van der Waals surface area contributed by atoms with Gasteiger partial charge in [-0.25, -0.2) is 4.79 Å². The van der Waals surface area contributed by atoms with Crippen LogP contribution >= 0.6 is 23.4 Å². The topological polar surface area (TPSA) is 122 Å². The van der Waals surface area contributed by atoms with Crippen molar-refractivity contribution in [2.45, 2.75) is 18.0 Å². The van der Waals surface area contributed by atoms with Gasteiger partial charge in [-0.05, 0) is 0 Å². The van der Waals surface area contributed by atoms with Gasteiger partial charge in [-0.3, -0.25) is 19.3 Å². The highest BCUT2D eigenvalue weighted by atomic mass is 35.5. The van der Waals surface area contributed by atoms with Gasteiger partial charge in [0.1, 0.15) is 23.6 Å². The first-order chi connectivity index (χ1) is 11.3. The second-order valence-corrected chi connectivity index (χ2v) is 6.33. The number of amides is 2. The van der Waals surface area contributed by atoms with Gasteiger partial charge in [-0.2, -0.15) is 0 Å². The van der Waals surface area contributed by atoms with Crippen LogP contribution in [0.5, 0.6) is 0 Å². The molecule has 9 nitrogen and oxygen atoms in total. The smallest absolute Gasteiger partial charge is 0.352 e. The number of alkyl halides is 1. The van der Waals surface area contributed by atoms with Crippen LogP contribution in [0.1, 0.15) is 6.92 Å². The first-order valence-electron chi connectivity index (χ1n) is 6.74. The van der Waals surface area contributed by atoms with Crippen molar-refractivity contribution in [3.8, 4) is 0 Å². The van der Waals surface area contributed by atoms with Crippen molar-refractivity contribution in [2.75, 3.05) is 25.3 Å². The molecular weight excluding hydrogens is 364 g/mol. The summed E-state index contributed by atoms with van der Waals surface area (Å²) in [6, 6.07) is 0. The van der Waals surface area contributed by atoms with E-state index in [1.807, 2.05) is 0 Å².